The summed E-state index contributed by atoms with van der Waals surface area (Å²) in [5.74, 6) is -0.0766. The second-order valence-corrected chi connectivity index (χ2v) is 9.51. The first-order chi connectivity index (χ1) is 13.6. The first kappa shape index (κ1) is 22.9. The third-order valence-corrected chi connectivity index (χ3v) is 6.26. The summed E-state index contributed by atoms with van der Waals surface area (Å²) >= 11 is 0. The molecule has 2 aromatic rings. The van der Waals surface area contributed by atoms with E-state index in [1.807, 2.05) is 57.2 Å². The molecule has 0 aromatic heterocycles. The third kappa shape index (κ3) is 6.60. The summed E-state index contributed by atoms with van der Waals surface area (Å²) in [6.07, 6.45) is 2.82. The highest BCUT2D eigenvalue weighted by Gasteiger charge is 2.18. The number of aryl methyl sites for hydroxylation is 3. The summed E-state index contributed by atoms with van der Waals surface area (Å²) in [7, 11) is -3.41. The highest BCUT2D eigenvalue weighted by atomic mass is 32.2. The molecular formula is C23H32N2O3S. The molecule has 0 unspecified atom stereocenters. The summed E-state index contributed by atoms with van der Waals surface area (Å²) in [6.45, 7) is 8.38. The maximum atomic E-state index is 12.4. The first-order valence-electron chi connectivity index (χ1n) is 10.0. The fraction of sp³-hybridized carbons (Fsp3) is 0.435. The SMILES string of the molecule is CCc1ccc(N(CCCC(=O)N[C@@H](C)c2ccc(C)cc2C)S(C)(=O)=O)cc1. The Hall–Kier alpha value is -2.34. The zero-order valence-corrected chi connectivity index (χ0v) is 18.8. The number of rotatable bonds is 9. The molecule has 1 atom stereocenters. The minimum Gasteiger partial charge on any atom is -0.350 e. The van der Waals surface area contributed by atoms with E-state index in [9.17, 15) is 13.2 Å². The van der Waals surface area contributed by atoms with Gasteiger partial charge in [0.1, 0.15) is 0 Å². The molecule has 0 bridgehead atoms. The molecule has 5 nitrogen and oxygen atoms in total. The Morgan fingerprint density at radius 2 is 1.76 bits per heavy atom. The summed E-state index contributed by atoms with van der Waals surface area (Å²) in [4.78, 5) is 12.4. The van der Waals surface area contributed by atoms with Crippen molar-refractivity contribution in [2.24, 2.45) is 0 Å². The van der Waals surface area contributed by atoms with Crippen LogP contribution < -0.4 is 9.62 Å². The van der Waals surface area contributed by atoms with Crippen LogP contribution in [0.3, 0.4) is 0 Å². The lowest BCUT2D eigenvalue weighted by atomic mass is 10.00. The second-order valence-electron chi connectivity index (χ2n) is 7.61. The van der Waals surface area contributed by atoms with Crippen LogP contribution in [0, 0.1) is 13.8 Å². The van der Waals surface area contributed by atoms with Crippen molar-refractivity contribution >= 4 is 21.6 Å². The lowest BCUT2D eigenvalue weighted by molar-refractivity contribution is -0.121. The van der Waals surface area contributed by atoms with Gasteiger partial charge in [-0.1, -0.05) is 42.8 Å². The molecule has 1 N–H and O–H groups in total. The summed E-state index contributed by atoms with van der Waals surface area (Å²) in [5.41, 5.74) is 5.22. The Kier molecular flexibility index (Phi) is 7.85. The monoisotopic (exact) mass is 416 g/mol. The third-order valence-electron chi connectivity index (χ3n) is 5.07. The highest BCUT2D eigenvalue weighted by Crippen LogP contribution is 2.21. The number of carbonyl (C=O) groups is 1. The average molecular weight is 417 g/mol. The Bertz CT molecular complexity index is 937. The Morgan fingerprint density at radius 1 is 1.10 bits per heavy atom. The number of hydrogen-bond donors (Lipinski definition) is 1. The number of anilines is 1. The van der Waals surface area contributed by atoms with Crippen molar-refractivity contribution in [3.05, 3.63) is 64.7 Å². The van der Waals surface area contributed by atoms with E-state index in [0.29, 0.717) is 12.1 Å². The minimum absolute atomic E-state index is 0.0766. The summed E-state index contributed by atoms with van der Waals surface area (Å²) < 4.78 is 25.8. The fourth-order valence-corrected chi connectivity index (χ4v) is 4.44. The molecule has 0 spiro atoms. The van der Waals surface area contributed by atoms with Gasteiger partial charge in [-0.25, -0.2) is 8.42 Å². The van der Waals surface area contributed by atoms with Crippen LogP contribution in [0.25, 0.3) is 0 Å². The van der Waals surface area contributed by atoms with Gasteiger partial charge in [-0.05, 0) is 62.4 Å². The van der Waals surface area contributed by atoms with Crippen molar-refractivity contribution in [2.45, 2.75) is 53.0 Å². The van der Waals surface area contributed by atoms with Crippen LogP contribution in [0.2, 0.25) is 0 Å². The van der Waals surface area contributed by atoms with Gasteiger partial charge in [0, 0.05) is 13.0 Å². The van der Waals surface area contributed by atoms with Crippen LogP contribution in [0.4, 0.5) is 5.69 Å². The van der Waals surface area contributed by atoms with Gasteiger partial charge in [-0.3, -0.25) is 9.10 Å². The average Bonchev–Trinajstić information content (AvgIpc) is 2.64. The predicted octanol–water partition coefficient (Wildman–Crippen LogP) is 4.29. The predicted molar refractivity (Wildman–Crippen MR) is 120 cm³/mol. The molecule has 1 amide bonds. The van der Waals surface area contributed by atoms with E-state index >= 15 is 0 Å². The van der Waals surface area contributed by atoms with E-state index in [4.69, 9.17) is 0 Å². The van der Waals surface area contributed by atoms with Crippen LogP contribution in [0.5, 0.6) is 0 Å². The zero-order valence-electron chi connectivity index (χ0n) is 18.0. The quantitative estimate of drug-likeness (QED) is 0.663. The standard InChI is InChI=1S/C23H32N2O3S/c1-6-20-10-12-21(13-11-20)25(29(5,27)28)15-7-8-23(26)24-19(4)22-14-9-17(2)16-18(22)3/h9-14,16,19H,6-8,15H2,1-5H3,(H,24,26)/t19-/m0/s1. The van der Waals surface area contributed by atoms with Crippen molar-refractivity contribution in [3.63, 3.8) is 0 Å². The fourth-order valence-electron chi connectivity index (χ4n) is 3.47. The number of amides is 1. The number of carbonyl (C=O) groups excluding carboxylic acids is 1. The Morgan fingerprint density at radius 3 is 2.31 bits per heavy atom. The van der Waals surface area contributed by atoms with Crippen LogP contribution in [0.1, 0.15) is 55.0 Å². The van der Waals surface area contributed by atoms with Crippen molar-refractivity contribution in [1.82, 2.24) is 5.32 Å². The number of hydrogen-bond acceptors (Lipinski definition) is 3. The topological polar surface area (TPSA) is 66.5 Å². The molecule has 0 saturated heterocycles. The molecule has 158 valence electrons. The van der Waals surface area contributed by atoms with E-state index in [0.717, 1.165) is 23.1 Å². The minimum atomic E-state index is -3.41. The van der Waals surface area contributed by atoms with Gasteiger partial charge in [0.05, 0.1) is 18.0 Å². The Balaban J connectivity index is 1.95. The van der Waals surface area contributed by atoms with Crippen molar-refractivity contribution in [3.8, 4) is 0 Å². The van der Waals surface area contributed by atoms with Crippen LogP contribution in [-0.4, -0.2) is 27.1 Å². The highest BCUT2D eigenvalue weighted by molar-refractivity contribution is 7.92. The first-order valence-corrected chi connectivity index (χ1v) is 11.9. The summed E-state index contributed by atoms with van der Waals surface area (Å²) in [5, 5.41) is 3.02. The molecule has 0 heterocycles. The van der Waals surface area contributed by atoms with Gasteiger partial charge < -0.3 is 5.32 Å². The normalized spacial score (nSPS) is 12.4. The van der Waals surface area contributed by atoms with Crippen LogP contribution in [0.15, 0.2) is 42.5 Å². The van der Waals surface area contributed by atoms with Crippen molar-refractivity contribution in [1.29, 1.82) is 0 Å². The van der Waals surface area contributed by atoms with Gasteiger partial charge in [0.2, 0.25) is 15.9 Å². The molecule has 2 rings (SSSR count). The molecule has 0 aliphatic heterocycles. The number of sulfonamides is 1. The second kappa shape index (κ2) is 9.92. The maximum Gasteiger partial charge on any atom is 0.232 e. The van der Waals surface area contributed by atoms with E-state index < -0.39 is 10.0 Å². The zero-order chi connectivity index (χ0) is 21.6. The number of nitrogens with zero attached hydrogens (tertiary/aromatic N) is 1. The summed E-state index contributed by atoms with van der Waals surface area (Å²) in [6, 6.07) is 13.6. The lowest BCUT2D eigenvalue weighted by Crippen LogP contribution is -2.32. The Labute approximate surface area is 175 Å². The molecule has 0 saturated carbocycles. The smallest absolute Gasteiger partial charge is 0.232 e. The molecule has 2 aromatic carbocycles. The van der Waals surface area contributed by atoms with E-state index in [1.165, 1.54) is 16.1 Å². The van der Waals surface area contributed by atoms with Gasteiger partial charge in [0.25, 0.3) is 0 Å². The molecule has 0 fully saturated rings. The van der Waals surface area contributed by atoms with Gasteiger partial charge in [0.15, 0.2) is 0 Å². The molecular weight excluding hydrogens is 384 g/mol. The van der Waals surface area contributed by atoms with Crippen LogP contribution in [-0.2, 0) is 21.2 Å². The maximum absolute atomic E-state index is 12.4. The van der Waals surface area contributed by atoms with Crippen molar-refractivity contribution in [2.75, 3.05) is 17.1 Å². The van der Waals surface area contributed by atoms with E-state index in [-0.39, 0.29) is 24.9 Å². The van der Waals surface area contributed by atoms with Crippen LogP contribution >= 0.6 is 0 Å². The van der Waals surface area contributed by atoms with E-state index in [2.05, 4.69) is 18.3 Å². The van der Waals surface area contributed by atoms with E-state index in [1.54, 1.807) is 0 Å². The molecule has 0 aliphatic carbocycles. The van der Waals surface area contributed by atoms with Gasteiger partial charge >= 0.3 is 0 Å². The molecule has 0 radical (unpaired) electrons. The lowest BCUT2D eigenvalue weighted by Gasteiger charge is -2.23. The van der Waals surface area contributed by atoms with Crippen molar-refractivity contribution < 1.29 is 13.2 Å². The molecule has 0 aliphatic rings. The molecule has 29 heavy (non-hydrogen) atoms. The number of nitrogens with one attached hydrogen (secondary N) is 1. The molecule has 6 heteroatoms. The largest absolute Gasteiger partial charge is 0.350 e. The van der Waals surface area contributed by atoms with Gasteiger partial charge in [-0.2, -0.15) is 0 Å². The van der Waals surface area contributed by atoms with Gasteiger partial charge in [-0.15, -0.1) is 0 Å². The number of benzene rings is 2.